The summed E-state index contributed by atoms with van der Waals surface area (Å²) in [5, 5.41) is 0.818. The highest BCUT2D eigenvalue weighted by molar-refractivity contribution is 6.30. The minimum Gasteiger partial charge on any atom is -0.378 e. The van der Waals surface area contributed by atoms with Crippen LogP contribution in [0.2, 0.25) is 5.02 Å². The third kappa shape index (κ3) is 4.74. The first-order valence-electron chi connectivity index (χ1n) is 7.48. The highest BCUT2D eigenvalue weighted by Crippen LogP contribution is 2.20. The number of likely N-dealkylation sites (tertiary alicyclic amines) is 1. The summed E-state index contributed by atoms with van der Waals surface area (Å²) in [4.78, 5) is 2.50. The number of halogens is 1. The number of piperidine rings is 1. The van der Waals surface area contributed by atoms with E-state index in [1.807, 2.05) is 12.1 Å². The number of hydrogen-bond acceptors (Lipinski definition) is 3. The molecule has 1 aromatic carbocycles. The van der Waals surface area contributed by atoms with Gasteiger partial charge in [-0.15, -0.1) is 0 Å². The van der Waals surface area contributed by atoms with E-state index >= 15 is 0 Å². The maximum Gasteiger partial charge on any atom is 0.0599 e. The van der Waals surface area contributed by atoms with Gasteiger partial charge in [0, 0.05) is 31.3 Å². The summed E-state index contributed by atoms with van der Waals surface area (Å²) in [6.07, 6.45) is 3.63. The Balaban J connectivity index is 1.76. The molecule has 1 heterocycles. The molecule has 4 heteroatoms. The summed E-state index contributed by atoms with van der Waals surface area (Å²) < 4.78 is 5.84. The maximum absolute atomic E-state index is 6.00. The van der Waals surface area contributed by atoms with Gasteiger partial charge in [0.25, 0.3) is 0 Å². The highest BCUT2D eigenvalue weighted by Gasteiger charge is 2.19. The lowest BCUT2D eigenvalue weighted by molar-refractivity contribution is 0.00560. The van der Waals surface area contributed by atoms with Crippen molar-refractivity contribution in [3.05, 3.63) is 34.3 Å². The molecule has 1 aromatic rings. The van der Waals surface area contributed by atoms with Crippen molar-refractivity contribution in [2.45, 2.75) is 38.8 Å². The van der Waals surface area contributed by atoms with Gasteiger partial charge in [0.05, 0.1) is 6.10 Å². The number of nitrogens with zero attached hydrogens (tertiary/aromatic N) is 1. The van der Waals surface area contributed by atoms with Crippen LogP contribution in [0, 0.1) is 6.92 Å². The van der Waals surface area contributed by atoms with Gasteiger partial charge in [-0.1, -0.05) is 17.7 Å². The van der Waals surface area contributed by atoms with Crippen LogP contribution in [-0.4, -0.2) is 37.2 Å². The zero-order valence-corrected chi connectivity index (χ0v) is 13.0. The Hall–Kier alpha value is -0.610. The van der Waals surface area contributed by atoms with Crippen LogP contribution in [0.3, 0.4) is 0 Å². The van der Waals surface area contributed by atoms with E-state index in [1.54, 1.807) is 0 Å². The monoisotopic (exact) mass is 296 g/mol. The summed E-state index contributed by atoms with van der Waals surface area (Å²) in [6, 6.07) is 6.16. The fraction of sp³-hybridized carbons (Fsp3) is 0.625. The van der Waals surface area contributed by atoms with E-state index in [-0.39, 0.29) is 0 Å². The maximum atomic E-state index is 6.00. The van der Waals surface area contributed by atoms with Crippen LogP contribution < -0.4 is 5.73 Å². The molecule has 1 aliphatic heterocycles. The Bertz CT molecular complexity index is 417. The molecule has 0 amide bonds. The highest BCUT2D eigenvalue weighted by atomic mass is 35.5. The van der Waals surface area contributed by atoms with E-state index in [9.17, 15) is 0 Å². The fourth-order valence-corrected chi connectivity index (χ4v) is 2.87. The van der Waals surface area contributed by atoms with E-state index in [0.717, 1.165) is 50.5 Å². The van der Waals surface area contributed by atoms with Crippen molar-refractivity contribution in [1.29, 1.82) is 0 Å². The summed E-state index contributed by atoms with van der Waals surface area (Å²) in [5.41, 5.74) is 8.13. The summed E-state index contributed by atoms with van der Waals surface area (Å²) in [6.45, 7) is 6.87. The molecule has 20 heavy (non-hydrogen) atoms. The third-order valence-electron chi connectivity index (χ3n) is 3.94. The Morgan fingerprint density at radius 2 is 2.10 bits per heavy atom. The van der Waals surface area contributed by atoms with Gasteiger partial charge in [-0.2, -0.15) is 0 Å². The molecule has 2 rings (SSSR count). The molecule has 0 aliphatic carbocycles. The van der Waals surface area contributed by atoms with Crippen molar-refractivity contribution in [3.8, 4) is 0 Å². The molecule has 1 aliphatic rings. The van der Waals surface area contributed by atoms with E-state index < -0.39 is 0 Å². The first kappa shape index (κ1) is 15.8. The van der Waals surface area contributed by atoms with Gasteiger partial charge >= 0.3 is 0 Å². The first-order chi connectivity index (χ1) is 9.69. The predicted molar refractivity (Wildman–Crippen MR) is 84.1 cm³/mol. The minimum absolute atomic E-state index is 0.420. The average Bonchev–Trinajstić information content (AvgIpc) is 2.44. The Labute approximate surface area is 127 Å². The number of hydrogen-bond donors (Lipinski definition) is 1. The summed E-state index contributed by atoms with van der Waals surface area (Å²) in [7, 11) is 0. The zero-order valence-electron chi connectivity index (χ0n) is 12.3. The van der Waals surface area contributed by atoms with Crippen LogP contribution >= 0.6 is 11.6 Å². The van der Waals surface area contributed by atoms with Gasteiger partial charge in [-0.25, -0.2) is 0 Å². The Morgan fingerprint density at radius 3 is 2.75 bits per heavy atom. The molecule has 2 N–H and O–H groups in total. The number of nitrogens with two attached hydrogens (primary N) is 1. The molecule has 0 saturated carbocycles. The molecule has 0 spiro atoms. The molecule has 112 valence electrons. The predicted octanol–water partition coefficient (Wildman–Crippen LogP) is 2.98. The van der Waals surface area contributed by atoms with Crippen molar-refractivity contribution in [3.63, 3.8) is 0 Å². The standard InChI is InChI=1S/C16H25ClN2O/c1-13-11-15(17)4-3-14(13)12-19-8-5-16(6-9-19)20-10-2-7-18/h3-4,11,16H,2,5-10,12,18H2,1H3. The number of ether oxygens (including phenoxy) is 1. The van der Waals surface area contributed by atoms with E-state index in [4.69, 9.17) is 22.1 Å². The smallest absolute Gasteiger partial charge is 0.0599 e. The lowest BCUT2D eigenvalue weighted by Gasteiger charge is -2.32. The number of rotatable bonds is 6. The number of aryl methyl sites for hydroxylation is 1. The molecule has 1 saturated heterocycles. The lowest BCUT2D eigenvalue weighted by atomic mass is 10.0. The first-order valence-corrected chi connectivity index (χ1v) is 7.86. The van der Waals surface area contributed by atoms with Crippen LogP contribution in [0.15, 0.2) is 18.2 Å². The van der Waals surface area contributed by atoms with Crippen molar-refractivity contribution < 1.29 is 4.74 Å². The molecule has 0 atom stereocenters. The lowest BCUT2D eigenvalue weighted by Crippen LogP contribution is -2.36. The molecule has 0 radical (unpaired) electrons. The second-order valence-electron chi connectivity index (χ2n) is 5.56. The van der Waals surface area contributed by atoms with Crippen LogP contribution in [-0.2, 0) is 11.3 Å². The van der Waals surface area contributed by atoms with Crippen molar-refractivity contribution in [2.75, 3.05) is 26.2 Å². The molecule has 0 unspecified atom stereocenters. The van der Waals surface area contributed by atoms with Gasteiger partial charge < -0.3 is 10.5 Å². The van der Waals surface area contributed by atoms with Crippen molar-refractivity contribution in [1.82, 2.24) is 4.90 Å². The van der Waals surface area contributed by atoms with E-state index in [0.29, 0.717) is 12.6 Å². The molecular formula is C16H25ClN2O. The third-order valence-corrected chi connectivity index (χ3v) is 4.17. The second-order valence-corrected chi connectivity index (χ2v) is 6.00. The summed E-state index contributed by atoms with van der Waals surface area (Å²) >= 11 is 6.00. The van der Waals surface area contributed by atoms with E-state index in [2.05, 4.69) is 17.9 Å². The van der Waals surface area contributed by atoms with Gasteiger partial charge in [-0.3, -0.25) is 4.90 Å². The molecular weight excluding hydrogens is 272 g/mol. The van der Waals surface area contributed by atoms with Crippen LogP contribution in [0.5, 0.6) is 0 Å². The van der Waals surface area contributed by atoms with Gasteiger partial charge in [0.1, 0.15) is 0 Å². The molecule has 1 fully saturated rings. The SMILES string of the molecule is Cc1cc(Cl)ccc1CN1CCC(OCCCN)CC1. The largest absolute Gasteiger partial charge is 0.378 e. The number of benzene rings is 1. The van der Waals surface area contributed by atoms with Crippen LogP contribution in [0.25, 0.3) is 0 Å². The van der Waals surface area contributed by atoms with Gasteiger partial charge in [0.15, 0.2) is 0 Å². The fourth-order valence-electron chi connectivity index (χ4n) is 2.64. The van der Waals surface area contributed by atoms with Crippen molar-refractivity contribution in [2.24, 2.45) is 5.73 Å². The quantitative estimate of drug-likeness (QED) is 0.820. The van der Waals surface area contributed by atoms with Gasteiger partial charge in [-0.05, 0) is 56.0 Å². The van der Waals surface area contributed by atoms with Crippen molar-refractivity contribution >= 4 is 11.6 Å². The normalized spacial score (nSPS) is 17.6. The van der Waals surface area contributed by atoms with Crippen LogP contribution in [0.1, 0.15) is 30.4 Å². The molecule has 0 bridgehead atoms. The molecule has 0 aromatic heterocycles. The van der Waals surface area contributed by atoms with Gasteiger partial charge in [0.2, 0.25) is 0 Å². The second kappa shape index (κ2) is 7.99. The zero-order chi connectivity index (χ0) is 14.4. The average molecular weight is 297 g/mol. The summed E-state index contributed by atoms with van der Waals surface area (Å²) in [5.74, 6) is 0. The minimum atomic E-state index is 0.420. The van der Waals surface area contributed by atoms with E-state index in [1.165, 1.54) is 11.1 Å². The Kier molecular flexibility index (Phi) is 6.30. The van der Waals surface area contributed by atoms with Crippen LogP contribution in [0.4, 0.5) is 0 Å². The topological polar surface area (TPSA) is 38.5 Å². The Morgan fingerprint density at radius 1 is 1.35 bits per heavy atom. The molecule has 3 nitrogen and oxygen atoms in total.